The number of amides is 2. The number of esters is 1. The van der Waals surface area contributed by atoms with Crippen LogP contribution >= 0.6 is 0 Å². The molecule has 1 atom stereocenters. The average molecular weight is 380 g/mol. The van der Waals surface area contributed by atoms with Crippen LogP contribution in [-0.4, -0.2) is 47.2 Å². The molecule has 1 heterocycles. The van der Waals surface area contributed by atoms with E-state index in [1.54, 1.807) is 13.8 Å². The first-order valence-electron chi connectivity index (χ1n) is 9.80. The summed E-state index contributed by atoms with van der Waals surface area (Å²) in [6, 6.07) is 0. The van der Waals surface area contributed by atoms with Crippen LogP contribution in [0, 0.1) is 5.92 Å². The second kappa shape index (κ2) is 9.35. The number of carbonyl (C=O) groups is 3. The van der Waals surface area contributed by atoms with Crippen molar-refractivity contribution in [2.24, 2.45) is 5.92 Å². The zero-order chi connectivity index (χ0) is 19.9. The Morgan fingerprint density at radius 2 is 2.00 bits per heavy atom. The Morgan fingerprint density at radius 3 is 2.67 bits per heavy atom. The molecule has 2 amide bonds. The van der Waals surface area contributed by atoms with Gasteiger partial charge in [0.15, 0.2) is 0 Å². The van der Waals surface area contributed by atoms with Crippen molar-refractivity contribution in [2.45, 2.75) is 76.3 Å². The fourth-order valence-electron chi connectivity index (χ4n) is 3.61. The minimum Gasteiger partial charge on any atom is -0.463 e. The molecule has 0 aromatic heterocycles. The number of rotatable bonds is 4. The predicted molar refractivity (Wildman–Crippen MR) is 101 cm³/mol. The highest BCUT2D eigenvalue weighted by atomic mass is 16.5. The Bertz CT molecular complexity index is 579. The number of nitrogens with one attached hydrogen (secondary N) is 2. The zero-order valence-electron chi connectivity index (χ0n) is 16.4. The van der Waals surface area contributed by atoms with Crippen molar-refractivity contribution in [3.63, 3.8) is 0 Å². The van der Waals surface area contributed by atoms with Crippen LogP contribution < -0.4 is 10.6 Å². The number of ether oxygens (including phenoxy) is 1. The quantitative estimate of drug-likeness (QED) is 0.507. The average Bonchev–Trinajstić information content (AvgIpc) is 3.06. The Hall–Kier alpha value is -1.89. The van der Waals surface area contributed by atoms with Crippen molar-refractivity contribution < 1.29 is 24.2 Å². The Kier molecular flexibility index (Phi) is 7.41. The first-order chi connectivity index (χ1) is 12.8. The van der Waals surface area contributed by atoms with E-state index in [2.05, 4.69) is 10.6 Å². The highest BCUT2D eigenvalue weighted by Crippen LogP contribution is 2.29. The van der Waals surface area contributed by atoms with Crippen LogP contribution in [0.2, 0.25) is 0 Å². The van der Waals surface area contributed by atoms with Gasteiger partial charge in [-0.15, -0.1) is 0 Å². The van der Waals surface area contributed by atoms with Crippen LogP contribution in [-0.2, 0) is 19.1 Å². The minimum atomic E-state index is -0.706. The molecule has 0 unspecified atom stereocenters. The van der Waals surface area contributed by atoms with Crippen LogP contribution in [0.15, 0.2) is 12.2 Å². The Balaban J connectivity index is 2.04. The smallest absolute Gasteiger partial charge is 0.306 e. The van der Waals surface area contributed by atoms with Gasteiger partial charge in [0.05, 0.1) is 23.6 Å². The van der Waals surface area contributed by atoms with Gasteiger partial charge in [0, 0.05) is 12.8 Å². The third kappa shape index (κ3) is 6.65. The predicted octanol–water partition coefficient (Wildman–Crippen LogP) is 1.59. The summed E-state index contributed by atoms with van der Waals surface area (Å²) in [5.74, 6) is -1.24. The summed E-state index contributed by atoms with van der Waals surface area (Å²) in [7, 11) is 0. The first kappa shape index (κ1) is 21.4. The molecule has 27 heavy (non-hydrogen) atoms. The van der Waals surface area contributed by atoms with Crippen LogP contribution in [0.25, 0.3) is 0 Å². The van der Waals surface area contributed by atoms with E-state index in [0.717, 1.165) is 25.7 Å². The molecule has 0 spiro atoms. The molecule has 1 aliphatic heterocycles. The summed E-state index contributed by atoms with van der Waals surface area (Å²) in [5.41, 5.74) is -1.25. The third-order valence-electron chi connectivity index (χ3n) is 5.23. The standard InChI is InChI=1S/C20H32N2O5/c1-19(2)14-27-17(25)9-5-3-4-8-15(18(26)22-19)12-16(24)21-20(13-23)10-6-7-11-20/h3-4,15,23H,5-14H2,1-2H3,(H,21,24)(H,22,26)/t15-/m1/s1. The second-order valence-electron chi connectivity index (χ2n) is 8.37. The summed E-state index contributed by atoms with van der Waals surface area (Å²) < 4.78 is 5.22. The van der Waals surface area contributed by atoms with Gasteiger partial charge < -0.3 is 20.5 Å². The zero-order valence-corrected chi connectivity index (χ0v) is 16.4. The molecule has 2 rings (SSSR count). The van der Waals surface area contributed by atoms with E-state index >= 15 is 0 Å². The van der Waals surface area contributed by atoms with E-state index in [4.69, 9.17) is 4.74 Å². The van der Waals surface area contributed by atoms with Crippen molar-refractivity contribution in [2.75, 3.05) is 13.2 Å². The van der Waals surface area contributed by atoms with Gasteiger partial charge in [-0.3, -0.25) is 14.4 Å². The van der Waals surface area contributed by atoms with E-state index in [0.29, 0.717) is 19.3 Å². The molecular formula is C20H32N2O5. The summed E-state index contributed by atoms with van der Waals surface area (Å²) >= 11 is 0. The number of allylic oxidation sites excluding steroid dienone is 2. The highest BCUT2D eigenvalue weighted by Gasteiger charge is 2.36. The maximum atomic E-state index is 12.7. The van der Waals surface area contributed by atoms with Gasteiger partial charge in [0.25, 0.3) is 0 Å². The molecule has 0 saturated heterocycles. The number of cyclic esters (lactones) is 1. The van der Waals surface area contributed by atoms with Crippen LogP contribution in [0.5, 0.6) is 0 Å². The minimum absolute atomic E-state index is 0.0633. The Labute approximate surface area is 160 Å². The first-order valence-corrected chi connectivity index (χ1v) is 9.80. The van der Waals surface area contributed by atoms with E-state index < -0.39 is 17.0 Å². The van der Waals surface area contributed by atoms with Crippen molar-refractivity contribution in [3.8, 4) is 0 Å². The third-order valence-corrected chi connectivity index (χ3v) is 5.23. The summed E-state index contributed by atoms with van der Waals surface area (Å²) in [6.07, 6.45) is 8.53. The number of aliphatic hydroxyl groups excluding tert-OH is 1. The molecule has 7 heteroatoms. The van der Waals surface area contributed by atoms with E-state index in [1.807, 2.05) is 12.2 Å². The number of hydrogen-bond donors (Lipinski definition) is 3. The van der Waals surface area contributed by atoms with E-state index in [1.165, 1.54) is 0 Å². The summed E-state index contributed by atoms with van der Waals surface area (Å²) in [6.45, 7) is 3.59. The molecule has 0 bridgehead atoms. The highest BCUT2D eigenvalue weighted by molar-refractivity contribution is 5.86. The van der Waals surface area contributed by atoms with Crippen LogP contribution in [0.3, 0.4) is 0 Å². The van der Waals surface area contributed by atoms with Gasteiger partial charge in [0.2, 0.25) is 11.8 Å². The van der Waals surface area contributed by atoms with Crippen molar-refractivity contribution >= 4 is 17.8 Å². The fraction of sp³-hybridized carbons (Fsp3) is 0.750. The summed E-state index contributed by atoms with van der Waals surface area (Å²) in [4.78, 5) is 37.0. The van der Waals surface area contributed by atoms with Crippen molar-refractivity contribution in [3.05, 3.63) is 12.2 Å². The van der Waals surface area contributed by atoms with Gasteiger partial charge in [-0.25, -0.2) is 0 Å². The lowest BCUT2D eigenvalue weighted by Crippen LogP contribution is -2.52. The Morgan fingerprint density at radius 1 is 1.30 bits per heavy atom. The lowest BCUT2D eigenvalue weighted by molar-refractivity contribution is -0.146. The molecular weight excluding hydrogens is 348 g/mol. The maximum absolute atomic E-state index is 12.7. The molecule has 2 aliphatic rings. The summed E-state index contributed by atoms with van der Waals surface area (Å²) in [5, 5.41) is 15.5. The second-order valence-corrected chi connectivity index (χ2v) is 8.37. The lowest BCUT2D eigenvalue weighted by atomic mass is 9.94. The molecule has 1 fully saturated rings. The van der Waals surface area contributed by atoms with Gasteiger partial charge in [-0.2, -0.15) is 0 Å². The lowest BCUT2D eigenvalue weighted by Gasteiger charge is -2.30. The monoisotopic (exact) mass is 380 g/mol. The molecule has 1 aliphatic carbocycles. The van der Waals surface area contributed by atoms with Gasteiger partial charge in [-0.05, 0) is 39.5 Å². The SMILES string of the molecule is CC1(C)COC(=O)CCC=CC[C@H](CC(=O)NC2(CO)CCCC2)C(=O)N1. The molecule has 0 aromatic rings. The van der Waals surface area contributed by atoms with Crippen LogP contribution in [0.4, 0.5) is 0 Å². The maximum Gasteiger partial charge on any atom is 0.306 e. The van der Waals surface area contributed by atoms with Crippen molar-refractivity contribution in [1.29, 1.82) is 0 Å². The van der Waals surface area contributed by atoms with Gasteiger partial charge in [0.1, 0.15) is 6.61 Å². The van der Waals surface area contributed by atoms with Gasteiger partial charge in [-0.1, -0.05) is 25.0 Å². The normalized spacial score (nSPS) is 25.7. The van der Waals surface area contributed by atoms with Gasteiger partial charge >= 0.3 is 5.97 Å². The molecule has 0 aromatic carbocycles. The van der Waals surface area contributed by atoms with E-state index in [9.17, 15) is 19.5 Å². The number of aliphatic hydroxyl groups is 1. The molecule has 7 nitrogen and oxygen atoms in total. The molecule has 0 radical (unpaired) electrons. The molecule has 3 N–H and O–H groups in total. The molecule has 1 saturated carbocycles. The fourth-order valence-corrected chi connectivity index (χ4v) is 3.61. The van der Waals surface area contributed by atoms with E-state index in [-0.39, 0.29) is 37.4 Å². The number of hydrogen-bond acceptors (Lipinski definition) is 5. The van der Waals surface area contributed by atoms with Crippen LogP contribution in [0.1, 0.15) is 65.2 Å². The topological polar surface area (TPSA) is 105 Å². The largest absolute Gasteiger partial charge is 0.463 e. The molecule has 152 valence electrons. The number of carbonyl (C=O) groups excluding carboxylic acids is 3. The van der Waals surface area contributed by atoms with Crippen molar-refractivity contribution in [1.82, 2.24) is 10.6 Å².